The molecule has 0 aromatic heterocycles. The van der Waals surface area contributed by atoms with Crippen molar-refractivity contribution in [1.29, 1.82) is 0 Å². The van der Waals surface area contributed by atoms with Crippen molar-refractivity contribution in [1.82, 2.24) is 0 Å². The van der Waals surface area contributed by atoms with E-state index in [1.807, 2.05) is 0 Å². The molecular formula is C17H19F3O3. The van der Waals surface area contributed by atoms with Gasteiger partial charge in [0.2, 0.25) is 0 Å². The maximum Gasteiger partial charge on any atom is 0.337 e. The summed E-state index contributed by atoms with van der Waals surface area (Å²) in [6.07, 6.45) is -0.673. The smallest absolute Gasteiger partial charge is 0.337 e. The van der Waals surface area contributed by atoms with Crippen LogP contribution < -0.4 is 0 Å². The monoisotopic (exact) mass is 328 g/mol. The molecule has 23 heavy (non-hydrogen) atoms. The average molecular weight is 328 g/mol. The molecule has 1 aliphatic heterocycles. The molecule has 1 heterocycles. The van der Waals surface area contributed by atoms with Crippen molar-refractivity contribution in [3.8, 4) is 0 Å². The lowest BCUT2D eigenvalue weighted by Gasteiger charge is -2.30. The zero-order valence-electron chi connectivity index (χ0n) is 12.9. The first kappa shape index (κ1) is 16.3. The molecule has 1 aliphatic carbocycles. The molecule has 6 heteroatoms. The van der Waals surface area contributed by atoms with Crippen molar-refractivity contribution in [2.45, 2.75) is 43.4 Å². The minimum Gasteiger partial charge on any atom is -0.465 e. The van der Waals surface area contributed by atoms with E-state index in [1.165, 1.54) is 7.11 Å². The van der Waals surface area contributed by atoms with Crippen LogP contribution in [0.5, 0.6) is 0 Å². The van der Waals surface area contributed by atoms with Crippen molar-refractivity contribution < 1.29 is 27.4 Å². The predicted octanol–water partition coefficient (Wildman–Crippen LogP) is 3.56. The molecular weight excluding hydrogens is 309 g/mol. The Morgan fingerprint density at radius 1 is 1.30 bits per heavy atom. The molecule has 1 saturated carbocycles. The maximum atomic E-state index is 14.7. The standard InChI is InChI=1S/C17H19F3O3/c1-22-15(21)12-7-5-11(6-8-12)9-13-3-2-4-14(18)16(10-23-16)17(13,19)20/h5-8,13-14H,2-4,9-10H2,1H3. The Labute approximate surface area is 132 Å². The molecule has 0 radical (unpaired) electrons. The number of esters is 1. The minimum atomic E-state index is -3.19. The van der Waals surface area contributed by atoms with Gasteiger partial charge in [0.15, 0.2) is 5.60 Å². The number of hydrogen-bond donors (Lipinski definition) is 0. The predicted molar refractivity (Wildman–Crippen MR) is 77.4 cm³/mol. The van der Waals surface area contributed by atoms with Gasteiger partial charge in [0.05, 0.1) is 19.3 Å². The van der Waals surface area contributed by atoms with Gasteiger partial charge >= 0.3 is 5.97 Å². The van der Waals surface area contributed by atoms with Gasteiger partial charge in [-0.25, -0.2) is 18.0 Å². The second-order valence-corrected chi connectivity index (χ2v) is 6.29. The summed E-state index contributed by atoms with van der Waals surface area (Å²) in [5.41, 5.74) is -0.856. The number of alkyl halides is 3. The number of carbonyl (C=O) groups is 1. The molecule has 2 fully saturated rings. The molecule has 1 spiro atoms. The van der Waals surface area contributed by atoms with E-state index in [0.29, 0.717) is 17.5 Å². The molecule has 3 rings (SSSR count). The van der Waals surface area contributed by atoms with E-state index in [9.17, 15) is 18.0 Å². The lowest BCUT2D eigenvalue weighted by molar-refractivity contribution is -0.136. The maximum absolute atomic E-state index is 14.7. The van der Waals surface area contributed by atoms with Crippen molar-refractivity contribution in [2.75, 3.05) is 13.7 Å². The summed E-state index contributed by atoms with van der Waals surface area (Å²) in [5, 5.41) is 0. The number of halogens is 3. The highest BCUT2D eigenvalue weighted by molar-refractivity contribution is 5.89. The van der Waals surface area contributed by atoms with E-state index in [0.717, 1.165) is 0 Å². The van der Waals surface area contributed by atoms with E-state index < -0.39 is 29.6 Å². The minimum absolute atomic E-state index is 0.118. The van der Waals surface area contributed by atoms with Gasteiger partial charge in [0, 0.05) is 5.92 Å². The summed E-state index contributed by atoms with van der Waals surface area (Å²) in [6, 6.07) is 6.38. The van der Waals surface area contributed by atoms with Gasteiger partial charge in [0.1, 0.15) is 6.17 Å². The number of methoxy groups -OCH3 is 1. The first-order valence-electron chi connectivity index (χ1n) is 7.74. The summed E-state index contributed by atoms with van der Waals surface area (Å²) in [6.45, 7) is -0.209. The fourth-order valence-corrected chi connectivity index (χ4v) is 3.37. The largest absolute Gasteiger partial charge is 0.465 e. The van der Waals surface area contributed by atoms with E-state index in [4.69, 9.17) is 4.74 Å². The third-order valence-corrected chi connectivity index (χ3v) is 4.91. The second-order valence-electron chi connectivity index (χ2n) is 6.29. The van der Waals surface area contributed by atoms with E-state index >= 15 is 0 Å². The quantitative estimate of drug-likeness (QED) is 0.629. The molecule has 0 amide bonds. The first-order valence-corrected chi connectivity index (χ1v) is 7.74. The number of epoxide rings is 1. The van der Waals surface area contributed by atoms with Crippen LogP contribution in [0, 0.1) is 5.92 Å². The van der Waals surface area contributed by atoms with Crippen molar-refractivity contribution in [3.63, 3.8) is 0 Å². The van der Waals surface area contributed by atoms with Crippen LogP contribution in [0.4, 0.5) is 13.2 Å². The molecule has 3 nitrogen and oxygen atoms in total. The molecule has 1 aromatic rings. The second kappa shape index (κ2) is 5.82. The van der Waals surface area contributed by atoms with Crippen LogP contribution >= 0.6 is 0 Å². The van der Waals surface area contributed by atoms with Crippen LogP contribution in [-0.2, 0) is 15.9 Å². The molecule has 3 atom stereocenters. The van der Waals surface area contributed by atoms with Crippen LogP contribution in [-0.4, -0.2) is 37.4 Å². The van der Waals surface area contributed by atoms with Crippen LogP contribution in [0.15, 0.2) is 24.3 Å². The highest BCUT2D eigenvalue weighted by atomic mass is 19.3. The Bertz CT molecular complexity index is 581. The Hall–Kier alpha value is -1.56. The topological polar surface area (TPSA) is 38.8 Å². The van der Waals surface area contributed by atoms with E-state index in [-0.39, 0.29) is 25.9 Å². The van der Waals surface area contributed by atoms with E-state index in [2.05, 4.69) is 4.74 Å². The number of benzene rings is 1. The SMILES string of the molecule is COC(=O)c1ccc(CC2CCCC(F)C3(CO3)C2(F)F)cc1. The van der Waals surface area contributed by atoms with Gasteiger partial charge < -0.3 is 9.47 Å². The van der Waals surface area contributed by atoms with Crippen LogP contribution in [0.1, 0.15) is 35.2 Å². The molecule has 1 saturated heterocycles. The van der Waals surface area contributed by atoms with Gasteiger partial charge in [-0.1, -0.05) is 12.1 Å². The zero-order valence-corrected chi connectivity index (χ0v) is 12.9. The fraction of sp³-hybridized carbons (Fsp3) is 0.588. The van der Waals surface area contributed by atoms with Crippen LogP contribution in [0.2, 0.25) is 0 Å². The van der Waals surface area contributed by atoms with Crippen molar-refractivity contribution >= 4 is 5.97 Å². The van der Waals surface area contributed by atoms with Gasteiger partial charge in [-0.05, 0) is 43.4 Å². The molecule has 126 valence electrons. The Morgan fingerprint density at radius 3 is 2.52 bits per heavy atom. The van der Waals surface area contributed by atoms with Gasteiger partial charge in [-0.3, -0.25) is 0 Å². The third-order valence-electron chi connectivity index (χ3n) is 4.91. The Kier molecular flexibility index (Phi) is 4.12. The van der Waals surface area contributed by atoms with Crippen LogP contribution in [0.25, 0.3) is 0 Å². The van der Waals surface area contributed by atoms with Crippen molar-refractivity contribution in [3.05, 3.63) is 35.4 Å². The molecule has 0 bridgehead atoms. The lowest BCUT2D eigenvalue weighted by atomic mass is 9.83. The van der Waals surface area contributed by atoms with E-state index in [1.54, 1.807) is 24.3 Å². The number of hydrogen-bond acceptors (Lipinski definition) is 3. The zero-order chi connectivity index (χ0) is 16.7. The Morgan fingerprint density at radius 2 is 1.96 bits per heavy atom. The highest BCUT2D eigenvalue weighted by Crippen LogP contribution is 2.54. The highest BCUT2D eigenvalue weighted by Gasteiger charge is 2.72. The van der Waals surface area contributed by atoms with Crippen LogP contribution in [0.3, 0.4) is 0 Å². The summed E-state index contributed by atoms with van der Waals surface area (Å²) >= 11 is 0. The Balaban J connectivity index is 1.77. The summed E-state index contributed by atoms with van der Waals surface area (Å²) < 4.78 is 53.0. The normalized spacial score (nSPS) is 32.3. The lowest BCUT2D eigenvalue weighted by Crippen LogP contribution is -2.48. The summed E-state index contributed by atoms with van der Waals surface area (Å²) in [7, 11) is 1.28. The molecule has 3 unspecified atom stereocenters. The molecule has 2 aliphatic rings. The number of rotatable bonds is 3. The van der Waals surface area contributed by atoms with Gasteiger partial charge in [0.25, 0.3) is 5.92 Å². The third kappa shape index (κ3) is 2.73. The molecule has 0 N–H and O–H groups in total. The van der Waals surface area contributed by atoms with Crippen molar-refractivity contribution in [2.24, 2.45) is 5.92 Å². The fourth-order valence-electron chi connectivity index (χ4n) is 3.37. The first-order chi connectivity index (χ1) is 10.9. The number of ether oxygens (including phenoxy) is 2. The average Bonchev–Trinajstić information content (AvgIpc) is 3.35. The van der Waals surface area contributed by atoms with Gasteiger partial charge in [-0.15, -0.1) is 0 Å². The summed E-state index contributed by atoms with van der Waals surface area (Å²) in [5.74, 6) is -4.62. The number of carbonyl (C=O) groups excluding carboxylic acids is 1. The molecule has 1 aromatic carbocycles. The van der Waals surface area contributed by atoms with Gasteiger partial charge in [-0.2, -0.15) is 0 Å². The summed E-state index contributed by atoms with van der Waals surface area (Å²) in [4.78, 5) is 11.4.